The van der Waals surface area contributed by atoms with Crippen LogP contribution in [0, 0.1) is 33.5 Å². The number of rotatable bonds is 5. The number of aliphatic imine (C=N–C) groups is 1. The summed E-state index contributed by atoms with van der Waals surface area (Å²) < 4.78 is -0.846. The van der Waals surface area contributed by atoms with Crippen LogP contribution in [-0.2, 0) is 0 Å². The molecule has 3 atom stereocenters. The van der Waals surface area contributed by atoms with E-state index in [4.69, 9.17) is 10.7 Å². The smallest absolute Gasteiger partial charge is 0.178 e. The molecule has 0 saturated carbocycles. The van der Waals surface area contributed by atoms with Crippen LogP contribution >= 0.6 is 23.5 Å². The van der Waals surface area contributed by atoms with Crippen LogP contribution in [-0.4, -0.2) is 21.5 Å². The van der Waals surface area contributed by atoms with Crippen LogP contribution in [0.15, 0.2) is 47.1 Å². The van der Waals surface area contributed by atoms with E-state index < -0.39 is 21.1 Å². The Morgan fingerprint density at radius 2 is 1.78 bits per heavy atom. The van der Waals surface area contributed by atoms with Gasteiger partial charge in [-0.3, -0.25) is 0 Å². The van der Waals surface area contributed by atoms with Crippen molar-refractivity contribution in [2.75, 3.05) is 11.5 Å². The van der Waals surface area contributed by atoms with Crippen LogP contribution in [0.1, 0.15) is 32.4 Å². The highest BCUT2D eigenvalue weighted by Crippen LogP contribution is 2.68. The van der Waals surface area contributed by atoms with E-state index in [1.807, 2.05) is 57.2 Å². The fraction of sp³-hybridized carbons (Fsp3) is 0.450. The van der Waals surface area contributed by atoms with E-state index >= 15 is 0 Å². The van der Waals surface area contributed by atoms with Crippen LogP contribution in [0.4, 0.5) is 0 Å². The predicted octanol–water partition coefficient (Wildman–Crippen LogP) is 3.79. The Morgan fingerprint density at radius 1 is 1.15 bits per heavy atom. The summed E-state index contributed by atoms with van der Waals surface area (Å²) >= 11 is 3.17. The Morgan fingerprint density at radius 3 is 2.30 bits per heavy atom. The summed E-state index contributed by atoms with van der Waals surface area (Å²) in [6.45, 7) is 6.01. The fourth-order valence-corrected chi connectivity index (χ4v) is 7.31. The first-order chi connectivity index (χ1) is 13.0. The average molecular weight is 398 g/mol. The van der Waals surface area contributed by atoms with E-state index in [1.54, 1.807) is 23.5 Å². The topological polar surface area (TPSA) is 98.0 Å². The molecule has 0 radical (unpaired) electrons. The molecule has 1 aromatic rings. The minimum absolute atomic E-state index is 0.235. The molecule has 2 heterocycles. The first kappa shape index (κ1) is 19.7. The van der Waals surface area contributed by atoms with Gasteiger partial charge in [0.15, 0.2) is 9.62 Å². The molecule has 0 bridgehead atoms. The van der Waals surface area contributed by atoms with Crippen molar-refractivity contribution in [3.63, 3.8) is 0 Å². The lowest BCUT2D eigenvalue weighted by molar-refractivity contribution is 0.218. The molecule has 0 aromatic heterocycles. The Labute approximate surface area is 169 Å². The van der Waals surface area contributed by atoms with Crippen LogP contribution in [0.3, 0.4) is 0 Å². The number of benzene rings is 1. The number of nitrogens with one attached hydrogen (secondary N) is 1. The van der Waals surface area contributed by atoms with E-state index in [2.05, 4.69) is 17.5 Å². The van der Waals surface area contributed by atoms with E-state index in [0.29, 0.717) is 0 Å². The van der Waals surface area contributed by atoms with E-state index in [0.717, 1.165) is 22.8 Å². The number of thioether (sulfide) groups is 2. The maximum absolute atomic E-state index is 10.5. The Balaban J connectivity index is 2.35. The van der Waals surface area contributed by atoms with E-state index in [1.165, 1.54) is 0 Å². The Bertz CT molecular complexity index is 861. The largest absolute Gasteiger partial charge is 0.386 e. The number of allylic oxidation sites excluding steroid dienone is 1. The van der Waals surface area contributed by atoms with Gasteiger partial charge in [-0.05, 0) is 30.1 Å². The average Bonchev–Trinajstić information content (AvgIpc) is 2.88. The van der Waals surface area contributed by atoms with Crippen molar-refractivity contribution in [2.45, 2.75) is 31.0 Å². The van der Waals surface area contributed by atoms with Crippen molar-refractivity contribution in [2.24, 2.45) is 21.6 Å². The summed E-state index contributed by atoms with van der Waals surface area (Å²) in [5.74, 6) is 1.77. The van der Waals surface area contributed by atoms with Gasteiger partial charge in [-0.1, -0.05) is 44.2 Å². The molecular formula is C20H23N5S2. The summed E-state index contributed by atoms with van der Waals surface area (Å²) in [6, 6.07) is 14.2. The minimum atomic E-state index is -1.28. The zero-order chi connectivity index (χ0) is 19.7. The van der Waals surface area contributed by atoms with Crippen LogP contribution in [0.25, 0.3) is 0 Å². The molecular weight excluding hydrogens is 374 g/mol. The number of fused-ring (bicyclic) bond motifs is 1. The Hall–Kier alpha value is -2.09. The second-order valence-electron chi connectivity index (χ2n) is 6.60. The second kappa shape index (κ2) is 7.14. The molecule has 0 aliphatic carbocycles. The third kappa shape index (κ3) is 2.49. The molecule has 2 aliphatic heterocycles. The molecule has 3 rings (SSSR count). The van der Waals surface area contributed by atoms with Gasteiger partial charge in [-0.25, -0.2) is 4.99 Å². The van der Waals surface area contributed by atoms with Gasteiger partial charge in [0, 0.05) is 5.70 Å². The summed E-state index contributed by atoms with van der Waals surface area (Å²) in [7, 11) is 0. The molecule has 5 nitrogen and oxygen atoms in total. The molecule has 27 heavy (non-hydrogen) atoms. The van der Waals surface area contributed by atoms with Gasteiger partial charge in [-0.2, -0.15) is 10.5 Å². The van der Waals surface area contributed by atoms with Crippen LogP contribution in [0.2, 0.25) is 0 Å². The first-order valence-corrected chi connectivity index (χ1v) is 10.9. The quantitative estimate of drug-likeness (QED) is 0.734. The molecule has 2 aliphatic rings. The summed E-state index contributed by atoms with van der Waals surface area (Å²) in [5.41, 5.74) is 5.81. The van der Waals surface area contributed by atoms with Crippen LogP contribution in [0.5, 0.6) is 0 Å². The third-order valence-electron chi connectivity index (χ3n) is 5.20. The van der Waals surface area contributed by atoms with Crippen molar-refractivity contribution in [3.05, 3.63) is 47.7 Å². The van der Waals surface area contributed by atoms with Gasteiger partial charge in [0.05, 0.1) is 18.2 Å². The van der Waals surface area contributed by atoms with Crippen molar-refractivity contribution in [3.8, 4) is 12.1 Å². The zero-order valence-corrected chi connectivity index (χ0v) is 17.3. The van der Waals surface area contributed by atoms with Gasteiger partial charge in [0.2, 0.25) is 0 Å². The molecule has 3 N–H and O–H groups in total. The molecule has 0 unspecified atom stereocenters. The molecule has 0 saturated heterocycles. The van der Waals surface area contributed by atoms with Gasteiger partial charge in [0.1, 0.15) is 11.3 Å². The SMILES string of the molecule is CCSC1(SCC)N=C(N)[C@@]2(C#N)[C@H](c3ccccc3)NC(C)=C[C@@]12C#N. The van der Waals surface area contributed by atoms with Crippen molar-refractivity contribution < 1.29 is 0 Å². The van der Waals surface area contributed by atoms with Gasteiger partial charge < -0.3 is 11.1 Å². The lowest BCUT2D eigenvalue weighted by Crippen LogP contribution is -2.59. The van der Waals surface area contributed by atoms with Crippen molar-refractivity contribution in [1.82, 2.24) is 5.32 Å². The van der Waals surface area contributed by atoms with Gasteiger partial charge >= 0.3 is 0 Å². The monoisotopic (exact) mass is 397 g/mol. The van der Waals surface area contributed by atoms with E-state index in [-0.39, 0.29) is 5.84 Å². The molecule has 0 spiro atoms. The number of amidine groups is 1. The first-order valence-electron chi connectivity index (χ1n) is 8.94. The maximum atomic E-state index is 10.5. The molecule has 1 aromatic carbocycles. The minimum Gasteiger partial charge on any atom is -0.386 e. The normalized spacial score (nSPS) is 30.9. The highest BCUT2D eigenvalue weighted by atomic mass is 32.2. The molecule has 140 valence electrons. The van der Waals surface area contributed by atoms with E-state index in [9.17, 15) is 10.5 Å². The lowest BCUT2D eigenvalue weighted by Gasteiger charge is -2.49. The number of hydrogen-bond donors (Lipinski definition) is 2. The van der Waals surface area contributed by atoms with Crippen molar-refractivity contribution >= 4 is 29.4 Å². The van der Waals surface area contributed by atoms with Gasteiger partial charge in [0.25, 0.3) is 0 Å². The van der Waals surface area contributed by atoms with Crippen LogP contribution < -0.4 is 11.1 Å². The maximum Gasteiger partial charge on any atom is 0.178 e. The number of nitrogens with two attached hydrogens (primary N) is 1. The Kier molecular flexibility index (Phi) is 5.20. The highest BCUT2D eigenvalue weighted by molar-refractivity contribution is 8.18. The lowest BCUT2D eigenvalue weighted by atomic mass is 9.58. The standard InChI is InChI=1S/C20H23N5S2/c1-4-26-20(27-5-2)18(12-21)11-14(3)24-16(15-9-7-6-8-10-15)19(18,13-22)17(23)25-20/h6-11,16,24H,4-5H2,1-3H3,(H2,23,25)/t16-,18-,19+/m0/s1. The molecule has 0 amide bonds. The summed E-state index contributed by atoms with van der Waals surface area (Å²) in [5, 5.41) is 24.4. The third-order valence-corrected chi connectivity index (χ3v) is 8.09. The predicted molar refractivity (Wildman–Crippen MR) is 113 cm³/mol. The van der Waals surface area contributed by atoms with Crippen molar-refractivity contribution in [1.29, 1.82) is 10.5 Å². The summed E-state index contributed by atoms with van der Waals surface area (Å²) in [6.07, 6.45) is 1.88. The number of nitriles is 2. The highest BCUT2D eigenvalue weighted by Gasteiger charge is 2.74. The molecule has 7 heteroatoms. The second-order valence-corrected chi connectivity index (χ2v) is 9.77. The van der Waals surface area contributed by atoms with Gasteiger partial charge in [-0.15, -0.1) is 23.5 Å². The number of hydrogen-bond acceptors (Lipinski definition) is 7. The summed E-state index contributed by atoms with van der Waals surface area (Å²) in [4.78, 5) is 4.83. The zero-order valence-electron chi connectivity index (χ0n) is 15.7. The fourth-order valence-electron chi connectivity index (χ4n) is 4.17. The molecule has 0 fully saturated rings. The number of nitrogens with zero attached hydrogens (tertiary/aromatic N) is 3.